The Morgan fingerprint density at radius 3 is 2.68 bits per heavy atom. The molecular formula is C17H20ClN3O. The lowest BCUT2D eigenvalue weighted by Gasteiger charge is -2.13. The van der Waals surface area contributed by atoms with Crippen LogP contribution >= 0.6 is 11.6 Å². The van der Waals surface area contributed by atoms with Gasteiger partial charge in [0.2, 0.25) is 5.91 Å². The van der Waals surface area contributed by atoms with Gasteiger partial charge in [0.25, 0.3) is 0 Å². The van der Waals surface area contributed by atoms with Crippen LogP contribution in [0.1, 0.15) is 42.1 Å². The Bertz CT molecular complexity index is 692. The molecule has 22 heavy (non-hydrogen) atoms. The van der Waals surface area contributed by atoms with E-state index < -0.39 is 0 Å². The Labute approximate surface area is 135 Å². The topological polar surface area (TPSA) is 46.9 Å². The molecule has 5 heteroatoms. The van der Waals surface area contributed by atoms with Crippen LogP contribution in [0.2, 0.25) is 5.02 Å². The average Bonchev–Trinajstić information content (AvgIpc) is 3.21. The van der Waals surface area contributed by atoms with Gasteiger partial charge in [0.15, 0.2) is 0 Å². The van der Waals surface area contributed by atoms with Crippen LogP contribution in [0.3, 0.4) is 0 Å². The van der Waals surface area contributed by atoms with Crippen LogP contribution in [0.4, 0.5) is 0 Å². The van der Waals surface area contributed by atoms with Gasteiger partial charge < -0.3 is 5.32 Å². The standard InChI is InChI=1S/C17H20ClN3O/c1-10(16-9-19-21(3)11(16)2)20-17(22)15-8-14(15)12-4-6-13(18)7-5-12/h4-7,9-10,14-15H,8H2,1-3H3,(H,20,22). The van der Waals surface area contributed by atoms with Crippen LogP contribution < -0.4 is 5.32 Å². The fourth-order valence-corrected chi connectivity index (χ4v) is 3.03. The van der Waals surface area contributed by atoms with Gasteiger partial charge in [0.1, 0.15) is 0 Å². The van der Waals surface area contributed by atoms with Crippen LogP contribution in [-0.2, 0) is 11.8 Å². The Balaban J connectivity index is 1.62. The Morgan fingerprint density at radius 1 is 1.41 bits per heavy atom. The smallest absolute Gasteiger partial charge is 0.224 e. The molecule has 1 aromatic carbocycles. The van der Waals surface area contributed by atoms with Crippen molar-refractivity contribution >= 4 is 17.5 Å². The zero-order chi connectivity index (χ0) is 15.9. The minimum Gasteiger partial charge on any atom is -0.349 e. The summed E-state index contributed by atoms with van der Waals surface area (Å²) in [5.41, 5.74) is 3.34. The number of hydrogen-bond donors (Lipinski definition) is 1. The minimum absolute atomic E-state index is 0.0207. The molecule has 0 bridgehead atoms. The van der Waals surface area contributed by atoms with Gasteiger partial charge in [-0.15, -0.1) is 0 Å². The number of benzene rings is 1. The zero-order valence-corrected chi connectivity index (χ0v) is 13.8. The molecule has 1 aromatic heterocycles. The summed E-state index contributed by atoms with van der Waals surface area (Å²) < 4.78 is 1.83. The SMILES string of the molecule is Cc1c(C(C)NC(=O)C2CC2c2ccc(Cl)cc2)cnn1C. The molecule has 3 unspecified atom stereocenters. The van der Waals surface area contributed by atoms with Crippen molar-refractivity contribution in [2.24, 2.45) is 13.0 Å². The van der Waals surface area contributed by atoms with Crippen LogP contribution in [-0.4, -0.2) is 15.7 Å². The summed E-state index contributed by atoms with van der Waals surface area (Å²) in [6.45, 7) is 4.01. The molecule has 1 aliphatic rings. The van der Waals surface area contributed by atoms with E-state index in [2.05, 4.69) is 10.4 Å². The molecule has 3 rings (SSSR count). The summed E-state index contributed by atoms with van der Waals surface area (Å²) in [7, 11) is 1.91. The van der Waals surface area contributed by atoms with Gasteiger partial charge in [-0.25, -0.2) is 0 Å². The molecule has 1 N–H and O–H groups in total. The highest BCUT2D eigenvalue weighted by Gasteiger charge is 2.44. The molecule has 1 aliphatic carbocycles. The molecule has 0 radical (unpaired) electrons. The van der Waals surface area contributed by atoms with Crippen LogP contribution in [0, 0.1) is 12.8 Å². The lowest BCUT2D eigenvalue weighted by atomic mass is 10.1. The van der Waals surface area contributed by atoms with Gasteiger partial charge in [0, 0.05) is 29.2 Å². The molecule has 0 spiro atoms. The second kappa shape index (κ2) is 5.76. The monoisotopic (exact) mass is 317 g/mol. The maximum atomic E-state index is 12.4. The first-order valence-corrected chi connectivity index (χ1v) is 7.89. The van der Waals surface area contributed by atoms with Crippen molar-refractivity contribution in [1.82, 2.24) is 15.1 Å². The molecule has 1 amide bonds. The maximum absolute atomic E-state index is 12.4. The fraction of sp³-hybridized carbons (Fsp3) is 0.412. The number of halogens is 1. The number of carbonyl (C=O) groups excluding carboxylic acids is 1. The minimum atomic E-state index is -0.0207. The number of rotatable bonds is 4. The van der Waals surface area contributed by atoms with E-state index in [1.807, 2.05) is 56.0 Å². The number of hydrogen-bond acceptors (Lipinski definition) is 2. The van der Waals surface area contributed by atoms with Crippen molar-refractivity contribution in [3.8, 4) is 0 Å². The van der Waals surface area contributed by atoms with Gasteiger partial charge >= 0.3 is 0 Å². The van der Waals surface area contributed by atoms with E-state index in [0.717, 1.165) is 22.7 Å². The van der Waals surface area contributed by atoms with E-state index >= 15 is 0 Å². The number of nitrogens with one attached hydrogen (secondary N) is 1. The molecule has 1 heterocycles. The van der Waals surface area contributed by atoms with E-state index in [0.29, 0.717) is 5.92 Å². The van der Waals surface area contributed by atoms with Gasteiger partial charge in [-0.3, -0.25) is 9.48 Å². The zero-order valence-electron chi connectivity index (χ0n) is 13.0. The molecule has 3 atom stereocenters. The van der Waals surface area contributed by atoms with Gasteiger partial charge in [-0.05, 0) is 43.9 Å². The molecule has 1 fully saturated rings. The predicted molar refractivity (Wildman–Crippen MR) is 86.8 cm³/mol. The van der Waals surface area contributed by atoms with E-state index in [9.17, 15) is 4.79 Å². The van der Waals surface area contributed by atoms with Crippen LogP contribution in [0.25, 0.3) is 0 Å². The molecular weight excluding hydrogens is 298 g/mol. The average molecular weight is 318 g/mol. The third-order valence-corrected chi connectivity index (χ3v) is 4.78. The first-order chi connectivity index (χ1) is 10.5. The van der Waals surface area contributed by atoms with Gasteiger partial charge in [0.05, 0.1) is 12.2 Å². The summed E-state index contributed by atoms with van der Waals surface area (Å²) >= 11 is 5.90. The van der Waals surface area contributed by atoms with Crippen molar-refractivity contribution in [1.29, 1.82) is 0 Å². The summed E-state index contributed by atoms with van der Waals surface area (Å²) in [6, 6.07) is 7.76. The summed E-state index contributed by atoms with van der Waals surface area (Å²) in [4.78, 5) is 12.4. The van der Waals surface area contributed by atoms with Crippen molar-refractivity contribution in [2.75, 3.05) is 0 Å². The van der Waals surface area contributed by atoms with Crippen LogP contribution in [0.5, 0.6) is 0 Å². The second-order valence-corrected chi connectivity index (χ2v) is 6.48. The predicted octanol–water partition coefficient (Wildman–Crippen LogP) is 3.36. The summed E-state index contributed by atoms with van der Waals surface area (Å²) in [5, 5.41) is 8.06. The second-order valence-electron chi connectivity index (χ2n) is 6.04. The number of aromatic nitrogens is 2. The van der Waals surface area contributed by atoms with Crippen molar-refractivity contribution in [2.45, 2.75) is 32.2 Å². The quantitative estimate of drug-likeness (QED) is 0.940. The lowest BCUT2D eigenvalue weighted by Crippen LogP contribution is -2.28. The molecule has 0 aliphatic heterocycles. The summed E-state index contributed by atoms with van der Waals surface area (Å²) in [5.74, 6) is 0.510. The van der Waals surface area contributed by atoms with Gasteiger partial charge in [-0.2, -0.15) is 5.10 Å². The Kier molecular flexibility index (Phi) is 3.96. The molecule has 4 nitrogen and oxygen atoms in total. The molecule has 1 saturated carbocycles. The Hall–Kier alpha value is -1.81. The van der Waals surface area contributed by atoms with Crippen molar-refractivity contribution in [3.05, 3.63) is 52.3 Å². The number of amides is 1. The number of carbonyl (C=O) groups is 1. The first-order valence-electron chi connectivity index (χ1n) is 7.51. The van der Waals surface area contributed by atoms with E-state index in [4.69, 9.17) is 11.6 Å². The van der Waals surface area contributed by atoms with E-state index in [1.165, 1.54) is 5.56 Å². The largest absolute Gasteiger partial charge is 0.349 e. The number of aryl methyl sites for hydroxylation is 1. The normalized spacial score (nSPS) is 21.5. The fourth-order valence-electron chi connectivity index (χ4n) is 2.90. The van der Waals surface area contributed by atoms with Crippen molar-refractivity contribution in [3.63, 3.8) is 0 Å². The van der Waals surface area contributed by atoms with Crippen molar-refractivity contribution < 1.29 is 4.79 Å². The highest BCUT2D eigenvalue weighted by atomic mass is 35.5. The first kappa shape index (κ1) is 15.1. The molecule has 0 saturated heterocycles. The van der Waals surface area contributed by atoms with Gasteiger partial charge in [-0.1, -0.05) is 23.7 Å². The third-order valence-electron chi connectivity index (χ3n) is 4.52. The van der Waals surface area contributed by atoms with E-state index in [-0.39, 0.29) is 17.9 Å². The lowest BCUT2D eigenvalue weighted by molar-refractivity contribution is -0.123. The molecule has 2 aromatic rings. The Morgan fingerprint density at radius 2 is 2.09 bits per heavy atom. The maximum Gasteiger partial charge on any atom is 0.224 e. The van der Waals surface area contributed by atoms with E-state index in [1.54, 1.807) is 0 Å². The highest BCUT2D eigenvalue weighted by molar-refractivity contribution is 6.30. The van der Waals surface area contributed by atoms with Crippen LogP contribution in [0.15, 0.2) is 30.5 Å². The summed E-state index contributed by atoms with van der Waals surface area (Å²) in [6.07, 6.45) is 2.73. The third kappa shape index (κ3) is 2.88. The molecule has 116 valence electrons. The highest BCUT2D eigenvalue weighted by Crippen LogP contribution is 2.47. The number of nitrogens with zero attached hydrogens (tertiary/aromatic N) is 2.